The summed E-state index contributed by atoms with van der Waals surface area (Å²) in [4.78, 5) is 0. The van der Waals surface area contributed by atoms with Gasteiger partial charge in [0.1, 0.15) is 13.2 Å². The van der Waals surface area contributed by atoms with Crippen LogP contribution >= 0.6 is 0 Å². The molecule has 0 saturated heterocycles. The van der Waals surface area contributed by atoms with Gasteiger partial charge < -0.3 is 20.5 Å². The lowest BCUT2D eigenvalue weighted by Crippen LogP contribution is -2.25. The van der Waals surface area contributed by atoms with Gasteiger partial charge in [-0.3, -0.25) is 0 Å². The van der Waals surface area contributed by atoms with E-state index in [0.717, 1.165) is 29.3 Å². The molecule has 4 nitrogen and oxygen atoms in total. The lowest BCUT2D eigenvalue weighted by Gasteiger charge is -2.21. The minimum Gasteiger partial charge on any atom is -0.486 e. The topological polar surface area (TPSA) is 56.5 Å². The number of nitrogens with one attached hydrogen (secondary N) is 1. The quantitative estimate of drug-likeness (QED) is 0.814. The van der Waals surface area contributed by atoms with Gasteiger partial charge in [-0.25, -0.2) is 0 Å². The molecule has 4 heteroatoms. The summed E-state index contributed by atoms with van der Waals surface area (Å²) in [5.41, 5.74) is 7.91. The van der Waals surface area contributed by atoms with Crippen molar-refractivity contribution in [3.63, 3.8) is 0 Å². The lowest BCUT2D eigenvalue weighted by atomic mass is 10.1. The van der Waals surface area contributed by atoms with Crippen LogP contribution in [0.2, 0.25) is 0 Å². The van der Waals surface area contributed by atoms with E-state index in [1.165, 1.54) is 0 Å². The van der Waals surface area contributed by atoms with Crippen LogP contribution in [-0.2, 0) is 0 Å². The summed E-state index contributed by atoms with van der Waals surface area (Å²) in [6.45, 7) is 6.00. The highest BCUT2D eigenvalue weighted by atomic mass is 16.6. The monoisotopic (exact) mass is 222 g/mol. The molecule has 1 unspecified atom stereocenters. The van der Waals surface area contributed by atoms with Crippen molar-refractivity contribution in [2.24, 2.45) is 5.73 Å². The number of aryl methyl sites for hydroxylation is 1. The maximum absolute atomic E-state index is 5.71. The first-order chi connectivity index (χ1) is 7.66. The van der Waals surface area contributed by atoms with E-state index in [0.29, 0.717) is 13.2 Å². The molecule has 0 aromatic heterocycles. The van der Waals surface area contributed by atoms with Crippen LogP contribution in [0, 0.1) is 6.92 Å². The van der Waals surface area contributed by atoms with Crippen LogP contribution in [0.15, 0.2) is 12.1 Å². The standard InChI is InChI=1S/C12H18N2O2/c1-8-5-11-12(16-4-3-15-11)6-10(8)14-7-9(2)13/h5-6,9,14H,3-4,7,13H2,1-2H3. The van der Waals surface area contributed by atoms with Gasteiger partial charge in [0.05, 0.1) is 0 Å². The molecule has 0 aliphatic carbocycles. The minimum atomic E-state index is 0.132. The highest BCUT2D eigenvalue weighted by Crippen LogP contribution is 2.35. The molecule has 2 rings (SSSR count). The van der Waals surface area contributed by atoms with Gasteiger partial charge in [0.25, 0.3) is 0 Å². The Bertz CT molecular complexity index is 378. The Morgan fingerprint density at radius 1 is 1.31 bits per heavy atom. The molecule has 0 radical (unpaired) electrons. The largest absolute Gasteiger partial charge is 0.486 e. The first-order valence-electron chi connectivity index (χ1n) is 5.56. The van der Waals surface area contributed by atoms with E-state index in [2.05, 4.69) is 5.32 Å². The van der Waals surface area contributed by atoms with Gasteiger partial charge in [-0.1, -0.05) is 0 Å². The van der Waals surface area contributed by atoms with E-state index >= 15 is 0 Å². The van der Waals surface area contributed by atoms with Crippen LogP contribution < -0.4 is 20.5 Å². The fourth-order valence-electron chi connectivity index (χ4n) is 1.65. The zero-order chi connectivity index (χ0) is 11.5. The van der Waals surface area contributed by atoms with Gasteiger partial charge in [0, 0.05) is 24.3 Å². The fraction of sp³-hybridized carbons (Fsp3) is 0.500. The van der Waals surface area contributed by atoms with Gasteiger partial charge in [-0.2, -0.15) is 0 Å². The van der Waals surface area contributed by atoms with Crippen molar-refractivity contribution in [3.05, 3.63) is 17.7 Å². The minimum absolute atomic E-state index is 0.132. The number of anilines is 1. The maximum Gasteiger partial charge on any atom is 0.163 e. The highest BCUT2D eigenvalue weighted by molar-refractivity contribution is 5.60. The molecule has 0 amide bonds. The van der Waals surface area contributed by atoms with E-state index in [1.54, 1.807) is 0 Å². The first-order valence-corrected chi connectivity index (χ1v) is 5.56. The molecular formula is C12H18N2O2. The molecule has 1 aliphatic heterocycles. The second-order valence-electron chi connectivity index (χ2n) is 4.17. The average Bonchev–Trinajstić information content (AvgIpc) is 2.26. The van der Waals surface area contributed by atoms with Crippen LogP contribution in [0.1, 0.15) is 12.5 Å². The second kappa shape index (κ2) is 4.61. The van der Waals surface area contributed by atoms with Gasteiger partial charge in [0.2, 0.25) is 0 Å². The predicted molar refractivity (Wildman–Crippen MR) is 64.3 cm³/mol. The van der Waals surface area contributed by atoms with E-state index < -0.39 is 0 Å². The second-order valence-corrected chi connectivity index (χ2v) is 4.17. The summed E-state index contributed by atoms with van der Waals surface area (Å²) >= 11 is 0. The van der Waals surface area contributed by atoms with Gasteiger partial charge in [0.15, 0.2) is 11.5 Å². The summed E-state index contributed by atoms with van der Waals surface area (Å²) in [7, 11) is 0. The Kier molecular flexibility index (Phi) is 3.19. The summed E-state index contributed by atoms with van der Waals surface area (Å²) in [6.07, 6.45) is 0. The SMILES string of the molecule is Cc1cc2c(cc1NCC(C)N)OCCO2. The third-order valence-corrected chi connectivity index (χ3v) is 2.50. The van der Waals surface area contributed by atoms with Crippen molar-refractivity contribution < 1.29 is 9.47 Å². The third kappa shape index (κ3) is 2.39. The summed E-state index contributed by atoms with van der Waals surface area (Å²) in [6, 6.07) is 4.11. The van der Waals surface area contributed by atoms with Crippen molar-refractivity contribution in [2.75, 3.05) is 25.1 Å². The summed E-state index contributed by atoms with van der Waals surface area (Å²) in [5, 5.41) is 3.30. The van der Waals surface area contributed by atoms with Crippen molar-refractivity contribution in [1.29, 1.82) is 0 Å². The average molecular weight is 222 g/mol. The Hall–Kier alpha value is -1.42. The highest BCUT2D eigenvalue weighted by Gasteiger charge is 2.13. The Morgan fingerprint density at radius 2 is 1.94 bits per heavy atom. The molecule has 1 atom stereocenters. The molecule has 0 spiro atoms. The van der Waals surface area contributed by atoms with Crippen molar-refractivity contribution >= 4 is 5.69 Å². The van der Waals surface area contributed by atoms with E-state index in [-0.39, 0.29) is 6.04 Å². The van der Waals surface area contributed by atoms with Crippen LogP contribution in [0.4, 0.5) is 5.69 Å². The van der Waals surface area contributed by atoms with Crippen LogP contribution in [0.25, 0.3) is 0 Å². The third-order valence-electron chi connectivity index (χ3n) is 2.50. The Labute approximate surface area is 95.7 Å². The molecule has 0 saturated carbocycles. The molecule has 16 heavy (non-hydrogen) atoms. The molecule has 3 N–H and O–H groups in total. The summed E-state index contributed by atoms with van der Waals surface area (Å²) < 4.78 is 11.0. The number of nitrogens with two attached hydrogens (primary N) is 1. The number of benzene rings is 1. The molecule has 1 aliphatic rings. The zero-order valence-corrected chi connectivity index (χ0v) is 9.75. The number of rotatable bonds is 3. The zero-order valence-electron chi connectivity index (χ0n) is 9.75. The maximum atomic E-state index is 5.71. The molecule has 0 bridgehead atoms. The molecule has 1 aromatic rings. The fourth-order valence-corrected chi connectivity index (χ4v) is 1.65. The van der Waals surface area contributed by atoms with Gasteiger partial charge in [-0.15, -0.1) is 0 Å². The number of ether oxygens (including phenoxy) is 2. The van der Waals surface area contributed by atoms with Crippen LogP contribution in [0.5, 0.6) is 11.5 Å². The van der Waals surface area contributed by atoms with Crippen molar-refractivity contribution in [2.45, 2.75) is 19.9 Å². The van der Waals surface area contributed by atoms with Crippen molar-refractivity contribution in [3.8, 4) is 11.5 Å². The van der Waals surface area contributed by atoms with Crippen LogP contribution in [0.3, 0.4) is 0 Å². The molecule has 1 heterocycles. The summed E-state index contributed by atoms with van der Waals surface area (Å²) in [5.74, 6) is 1.64. The number of hydrogen-bond acceptors (Lipinski definition) is 4. The first kappa shape index (κ1) is 11.1. The smallest absolute Gasteiger partial charge is 0.163 e. The Morgan fingerprint density at radius 3 is 2.56 bits per heavy atom. The Balaban J connectivity index is 2.18. The predicted octanol–water partition coefficient (Wildman–Crippen LogP) is 1.53. The lowest BCUT2D eigenvalue weighted by molar-refractivity contribution is 0.171. The molecule has 1 aromatic carbocycles. The number of hydrogen-bond donors (Lipinski definition) is 2. The van der Waals surface area contributed by atoms with Crippen molar-refractivity contribution in [1.82, 2.24) is 0 Å². The van der Waals surface area contributed by atoms with Gasteiger partial charge in [-0.05, 0) is 25.5 Å². The number of fused-ring (bicyclic) bond motifs is 1. The molecular weight excluding hydrogens is 204 g/mol. The van der Waals surface area contributed by atoms with Gasteiger partial charge >= 0.3 is 0 Å². The van der Waals surface area contributed by atoms with Crippen LogP contribution in [-0.4, -0.2) is 25.8 Å². The molecule has 88 valence electrons. The van der Waals surface area contributed by atoms with E-state index in [9.17, 15) is 0 Å². The molecule has 0 fully saturated rings. The normalized spacial score (nSPS) is 15.7. The van der Waals surface area contributed by atoms with E-state index in [1.807, 2.05) is 26.0 Å². The van der Waals surface area contributed by atoms with E-state index in [4.69, 9.17) is 15.2 Å².